The molecule has 2 aromatic heterocycles. The maximum absolute atomic E-state index is 13.5. The lowest BCUT2D eigenvalue weighted by Gasteiger charge is -2.17. The van der Waals surface area contributed by atoms with Gasteiger partial charge in [0.1, 0.15) is 0 Å². The summed E-state index contributed by atoms with van der Waals surface area (Å²) < 4.78 is 13.5. The van der Waals surface area contributed by atoms with Crippen molar-refractivity contribution in [2.45, 2.75) is 20.3 Å². The highest BCUT2D eigenvalue weighted by atomic mass is 19.1. The molecule has 1 N–H and O–H groups in total. The van der Waals surface area contributed by atoms with Crippen molar-refractivity contribution in [1.29, 1.82) is 0 Å². The third kappa shape index (κ3) is 2.84. The number of likely N-dealkylation sites (N-methyl/N-ethyl adjacent to an activating group) is 1. The summed E-state index contributed by atoms with van der Waals surface area (Å²) in [5, 5.41) is 7.02. The molecular weight excluding hydrogens is 259 g/mol. The van der Waals surface area contributed by atoms with Gasteiger partial charge in [0, 0.05) is 25.5 Å². The molecule has 0 unspecified atom stereocenters. The molecule has 0 aliphatic rings. The minimum Gasteiger partial charge on any atom is -0.341 e. The number of nitrogens with one attached hydrogen (secondary N) is 1. The van der Waals surface area contributed by atoms with Crippen molar-refractivity contribution in [3.05, 3.63) is 46.8 Å². The number of nitrogens with zero attached hydrogens (tertiary/aromatic N) is 3. The van der Waals surface area contributed by atoms with Crippen molar-refractivity contribution in [3.63, 3.8) is 0 Å². The van der Waals surface area contributed by atoms with E-state index in [1.165, 1.54) is 17.2 Å². The topological polar surface area (TPSA) is 61.9 Å². The fourth-order valence-electron chi connectivity index (χ4n) is 2.08. The Morgan fingerprint density at radius 2 is 2.20 bits per heavy atom. The van der Waals surface area contributed by atoms with E-state index in [0.29, 0.717) is 13.0 Å². The van der Waals surface area contributed by atoms with Crippen LogP contribution in [-0.4, -0.2) is 39.6 Å². The SMILES string of the molecule is Cc1n[nH]c(C)c1CCN(C)C(=O)c1ccncc1F. The highest BCUT2D eigenvalue weighted by Gasteiger charge is 2.16. The molecule has 0 spiro atoms. The predicted molar refractivity (Wildman–Crippen MR) is 72.9 cm³/mol. The van der Waals surface area contributed by atoms with Crippen LogP contribution in [0.25, 0.3) is 0 Å². The quantitative estimate of drug-likeness (QED) is 0.927. The molecule has 2 rings (SSSR count). The number of halogens is 1. The van der Waals surface area contributed by atoms with Crippen LogP contribution in [0.15, 0.2) is 18.5 Å². The maximum Gasteiger partial charge on any atom is 0.256 e. The first-order valence-corrected chi connectivity index (χ1v) is 6.36. The van der Waals surface area contributed by atoms with Gasteiger partial charge in [0.2, 0.25) is 0 Å². The van der Waals surface area contributed by atoms with Crippen LogP contribution in [0, 0.1) is 19.7 Å². The van der Waals surface area contributed by atoms with E-state index < -0.39 is 5.82 Å². The number of pyridine rings is 1. The molecule has 2 heterocycles. The third-order valence-electron chi connectivity index (χ3n) is 3.33. The zero-order valence-electron chi connectivity index (χ0n) is 11.8. The summed E-state index contributed by atoms with van der Waals surface area (Å²) in [7, 11) is 1.66. The first-order valence-electron chi connectivity index (χ1n) is 6.36. The number of H-pyrrole nitrogens is 1. The molecule has 0 aliphatic carbocycles. The van der Waals surface area contributed by atoms with Gasteiger partial charge in [0.25, 0.3) is 5.91 Å². The summed E-state index contributed by atoms with van der Waals surface area (Å²) in [6, 6.07) is 1.39. The van der Waals surface area contributed by atoms with Crippen molar-refractivity contribution >= 4 is 5.91 Å². The Bertz CT molecular complexity index is 604. The van der Waals surface area contributed by atoms with E-state index in [2.05, 4.69) is 15.2 Å². The summed E-state index contributed by atoms with van der Waals surface area (Å²) in [6.45, 7) is 4.37. The van der Waals surface area contributed by atoms with Crippen LogP contribution >= 0.6 is 0 Å². The van der Waals surface area contributed by atoms with Crippen molar-refractivity contribution in [1.82, 2.24) is 20.1 Å². The monoisotopic (exact) mass is 276 g/mol. The second-order valence-electron chi connectivity index (χ2n) is 4.74. The van der Waals surface area contributed by atoms with Crippen molar-refractivity contribution in [2.24, 2.45) is 0 Å². The van der Waals surface area contributed by atoms with Gasteiger partial charge in [-0.3, -0.25) is 14.9 Å². The number of aromatic nitrogens is 3. The molecule has 20 heavy (non-hydrogen) atoms. The van der Waals surface area contributed by atoms with Crippen molar-refractivity contribution in [2.75, 3.05) is 13.6 Å². The number of rotatable bonds is 4. The lowest BCUT2D eigenvalue weighted by Crippen LogP contribution is -2.29. The molecule has 0 atom stereocenters. The van der Waals surface area contributed by atoms with Gasteiger partial charge in [-0.2, -0.15) is 5.10 Å². The molecule has 0 aliphatic heterocycles. The average Bonchev–Trinajstić information content (AvgIpc) is 2.75. The van der Waals surface area contributed by atoms with Crippen LogP contribution in [0.3, 0.4) is 0 Å². The smallest absolute Gasteiger partial charge is 0.256 e. The van der Waals surface area contributed by atoms with E-state index in [4.69, 9.17) is 0 Å². The minimum absolute atomic E-state index is 0.0446. The summed E-state index contributed by atoms with van der Waals surface area (Å²) in [6.07, 6.45) is 3.14. The molecule has 106 valence electrons. The van der Waals surface area contributed by atoms with Gasteiger partial charge in [-0.05, 0) is 31.9 Å². The molecule has 6 heteroatoms. The van der Waals surface area contributed by atoms with Gasteiger partial charge in [-0.15, -0.1) is 0 Å². The van der Waals surface area contributed by atoms with Crippen LogP contribution in [0.5, 0.6) is 0 Å². The molecule has 0 radical (unpaired) electrons. The molecule has 0 saturated heterocycles. The normalized spacial score (nSPS) is 10.6. The van der Waals surface area contributed by atoms with Crippen molar-refractivity contribution in [3.8, 4) is 0 Å². The molecule has 2 aromatic rings. The number of amides is 1. The molecular formula is C14H17FN4O. The highest BCUT2D eigenvalue weighted by Crippen LogP contribution is 2.12. The van der Waals surface area contributed by atoms with Crippen LogP contribution in [0.1, 0.15) is 27.3 Å². The number of aryl methyl sites for hydroxylation is 2. The van der Waals surface area contributed by atoms with Gasteiger partial charge in [0.05, 0.1) is 17.5 Å². The van der Waals surface area contributed by atoms with Crippen LogP contribution in [-0.2, 0) is 6.42 Å². The number of hydrogen-bond donors (Lipinski definition) is 1. The second-order valence-corrected chi connectivity index (χ2v) is 4.74. The number of hydrogen-bond acceptors (Lipinski definition) is 3. The number of aromatic amines is 1. The lowest BCUT2D eigenvalue weighted by molar-refractivity contribution is 0.0791. The Morgan fingerprint density at radius 1 is 1.45 bits per heavy atom. The van der Waals surface area contributed by atoms with E-state index in [9.17, 15) is 9.18 Å². The van der Waals surface area contributed by atoms with E-state index >= 15 is 0 Å². The Kier molecular flexibility index (Phi) is 4.12. The lowest BCUT2D eigenvalue weighted by atomic mass is 10.1. The van der Waals surface area contributed by atoms with Gasteiger partial charge >= 0.3 is 0 Å². The van der Waals surface area contributed by atoms with E-state index in [1.807, 2.05) is 13.8 Å². The molecule has 0 bridgehead atoms. The first-order chi connectivity index (χ1) is 9.50. The van der Waals surface area contributed by atoms with Crippen molar-refractivity contribution < 1.29 is 9.18 Å². The predicted octanol–water partition coefficient (Wildman–Crippen LogP) is 1.88. The Labute approximate surface area is 116 Å². The third-order valence-corrected chi connectivity index (χ3v) is 3.33. The number of carbonyl (C=O) groups excluding carboxylic acids is 1. The summed E-state index contributed by atoms with van der Waals surface area (Å²) in [4.78, 5) is 17.3. The molecule has 5 nitrogen and oxygen atoms in total. The highest BCUT2D eigenvalue weighted by molar-refractivity contribution is 5.94. The minimum atomic E-state index is -0.597. The summed E-state index contributed by atoms with van der Waals surface area (Å²) >= 11 is 0. The van der Waals surface area contributed by atoms with Gasteiger partial charge in [-0.25, -0.2) is 4.39 Å². The van der Waals surface area contributed by atoms with Gasteiger partial charge in [-0.1, -0.05) is 0 Å². The second kappa shape index (κ2) is 5.81. The average molecular weight is 276 g/mol. The zero-order valence-corrected chi connectivity index (χ0v) is 11.8. The van der Waals surface area contributed by atoms with Crippen LogP contribution < -0.4 is 0 Å². The number of carbonyl (C=O) groups is 1. The van der Waals surface area contributed by atoms with Gasteiger partial charge < -0.3 is 4.90 Å². The molecule has 0 aromatic carbocycles. The van der Waals surface area contributed by atoms with Gasteiger partial charge in [0.15, 0.2) is 5.82 Å². The fraction of sp³-hybridized carbons (Fsp3) is 0.357. The zero-order chi connectivity index (χ0) is 14.7. The Balaban J connectivity index is 2.04. The largest absolute Gasteiger partial charge is 0.341 e. The van der Waals surface area contributed by atoms with E-state index in [0.717, 1.165) is 23.1 Å². The molecule has 1 amide bonds. The summed E-state index contributed by atoms with van der Waals surface area (Å²) in [5.74, 6) is -0.941. The summed E-state index contributed by atoms with van der Waals surface area (Å²) in [5.41, 5.74) is 3.07. The Morgan fingerprint density at radius 3 is 2.80 bits per heavy atom. The maximum atomic E-state index is 13.5. The van der Waals surface area contributed by atoms with Crippen LogP contribution in [0.4, 0.5) is 4.39 Å². The molecule has 0 saturated carbocycles. The van der Waals surface area contributed by atoms with Crippen LogP contribution in [0.2, 0.25) is 0 Å². The first kappa shape index (κ1) is 14.2. The van der Waals surface area contributed by atoms with E-state index in [-0.39, 0.29) is 11.5 Å². The fourth-order valence-corrected chi connectivity index (χ4v) is 2.08. The standard InChI is InChI=1S/C14H17FN4O/c1-9-11(10(2)18-17-9)5-7-19(3)14(20)12-4-6-16-8-13(12)15/h4,6,8H,5,7H2,1-3H3,(H,17,18). The molecule has 0 fully saturated rings. The van der Waals surface area contributed by atoms with E-state index in [1.54, 1.807) is 7.05 Å². The Hall–Kier alpha value is -2.24.